The Morgan fingerprint density at radius 3 is 2.11 bits per heavy atom. The summed E-state index contributed by atoms with van der Waals surface area (Å²) in [6.07, 6.45) is 7.12. The van der Waals surface area contributed by atoms with Gasteiger partial charge in [-0.2, -0.15) is 0 Å². The van der Waals surface area contributed by atoms with Crippen molar-refractivity contribution < 1.29 is 0 Å². The number of piperidine rings is 2. The number of hydrogen-bond acceptors (Lipinski definition) is 2. The maximum atomic E-state index is 3.46. The first-order valence-corrected chi connectivity index (χ1v) is 8.69. The van der Waals surface area contributed by atoms with Crippen molar-refractivity contribution in [3.8, 4) is 0 Å². The molecule has 0 amide bonds. The van der Waals surface area contributed by atoms with Gasteiger partial charge in [-0.05, 0) is 82.6 Å². The van der Waals surface area contributed by atoms with Crippen molar-refractivity contribution in [2.45, 2.75) is 59.8 Å². The number of nitrogens with zero attached hydrogens (tertiary/aromatic N) is 1. The topological polar surface area (TPSA) is 15.3 Å². The number of rotatable bonds is 4. The van der Waals surface area contributed by atoms with E-state index in [0.717, 1.165) is 17.8 Å². The van der Waals surface area contributed by atoms with E-state index in [1.54, 1.807) is 0 Å². The Labute approximate surface area is 121 Å². The van der Waals surface area contributed by atoms with Gasteiger partial charge in [-0.25, -0.2) is 0 Å². The molecule has 19 heavy (non-hydrogen) atoms. The van der Waals surface area contributed by atoms with Crippen molar-refractivity contribution >= 4 is 0 Å². The molecular weight excluding hydrogens is 232 g/mol. The third-order valence-electron chi connectivity index (χ3n) is 4.89. The highest BCUT2D eigenvalue weighted by molar-refractivity contribution is 4.76. The standard InChI is InChI=1S/C15H30N2.C2H6/c1-13(2)15-6-11-17(12-7-15)10-5-14-3-8-16-9-4-14;1-2/h13-16H,3-12H2,1-2H3;1-2H3. The summed E-state index contributed by atoms with van der Waals surface area (Å²) >= 11 is 0. The van der Waals surface area contributed by atoms with E-state index >= 15 is 0 Å². The first kappa shape index (κ1) is 17.0. The minimum Gasteiger partial charge on any atom is -0.317 e. The summed E-state index contributed by atoms with van der Waals surface area (Å²) in [6, 6.07) is 0. The zero-order chi connectivity index (χ0) is 14.1. The molecule has 0 saturated carbocycles. The Balaban J connectivity index is 0.000000861. The molecule has 0 aliphatic carbocycles. The van der Waals surface area contributed by atoms with Gasteiger partial charge in [0.1, 0.15) is 0 Å². The van der Waals surface area contributed by atoms with Gasteiger partial charge in [-0.1, -0.05) is 27.7 Å². The predicted molar refractivity (Wildman–Crippen MR) is 85.6 cm³/mol. The Morgan fingerprint density at radius 2 is 1.58 bits per heavy atom. The Kier molecular flexibility index (Phi) is 8.72. The van der Waals surface area contributed by atoms with Crippen LogP contribution in [0, 0.1) is 17.8 Å². The van der Waals surface area contributed by atoms with E-state index in [9.17, 15) is 0 Å². The molecule has 114 valence electrons. The lowest BCUT2D eigenvalue weighted by atomic mass is 9.86. The maximum Gasteiger partial charge on any atom is -0.00160 e. The van der Waals surface area contributed by atoms with Crippen LogP contribution in [-0.2, 0) is 0 Å². The van der Waals surface area contributed by atoms with Crippen molar-refractivity contribution in [1.29, 1.82) is 0 Å². The third kappa shape index (κ3) is 6.27. The van der Waals surface area contributed by atoms with Gasteiger partial charge >= 0.3 is 0 Å². The van der Waals surface area contributed by atoms with Crippen LogP contribution in [0.3, 0.4) is 0 Å². The van der Waals surface area contributed by atoms with E-state index in [1.807, 2.05) is 13.8 Å². The molecule has 2 nitrogen and oxygen atoms in total. The second kappa shape index (κ2) is 9.77. The maximum absolute atomic E-state index is 3.46. The van der Waals surface area contributed by atoms with Crippen LogP contribution >= 0.6 is 0 Å². The van der Waals surface area contributed by atoms with Gasteiger partial charge < -0.3 is 10.2 Å². The number of likely N-dealkylation sites (tertiary alicyclic amines) is 1. The van der Waals surface area contributed by atoms with Crippen LogP contribution < -0.4 is 5.32 Å². The van der Waals surface area contributed by atoms with Crippen LogP contribution in [0.4, 0.5) is 0 Å². The van der Waals surface area contributed by atoms with Crippen LogP contribution in [0.25, 0.3) is 0 Å². The van der Waals surface area contributed by atoms with Crippen molar-refractivity contribution in [2.75, 3.05) is 32.7 Å². The normalized spacial score (nSPS) is 23.2. The van der Waals surface area contributed by atoms with Gasteiger partial charge in [0.2, 0.25) is 0 Å². The Morgan fingerprint density at radius 1 is 1.00 bits per heavy atom. The molecule has 2 fully saturated rings. The highest BCUT2D eigenvalue weighted by Gasteiger charge is 2.22. The zero-order valence-electron chi connectivity index (χ0n) is 13.8. The first-order chi connectivity index (χ1) is 9.25. The minimum atomic E-state index is 0.890. The van der Waals surface area contributed by atoms with Crippen LogP contribution in [-0.4, -0.2) is 37.6 Å². The molecule has 0 radical (unpaired) electrons. The van der Waals surface area contributed by atoms with Crippen molar-refractivity contribution in [2.24, 2.45) is 17.8 Å². The molecule has 2 heterocycles. The molecular formula is C17H36N2. The summed E-state index contributed by atoms with van der Waals surface area (Å²) in [7, 11) is 0. The molecule has 0 spiro atoms. The fourth-order valence-corrected chi connectivity index (χ4v) is 3.38. The predicted octanol–water partition coefficient (Wildman–Crippen LogP) is 3.77. The highest BCUT2D eigenvalue weighted by atomic mass is 15.1. The minimum absolute atomic E-state index is 0.890. The molecule has 0 atom stereocenters. The van der Waals surface area contributed by atoms with Gasteiger partial charge in [0.15, 0.2) is 0 Å². The Hall–Kier alpha value is -0.0800. The van der Waals surface area contributed by atoms with E-state index in [4.69, 9.17) is 0 Å². The monoisotopic (exact) mass is 268 g/mol. The third-order valence-corrected chi connectivity index (χ3v) is 4.89. The summed E-state index contributed by atoms with van der Waals surface area (Å²) in [5, 5.41) is 3.46. The summed E-state index contributed by atoms with van der Waals surface area (Å²) < 4.78 is 0. The van der Waals surface area contributed by atoms with Gasteiger partial charge in [0.05, 0.1) is 0 Å². The van der Waals surface area contributed by atoms with Gasteiger partial charge in [0, 0.05) is 0 Å². The van der Waals surface area contributed by atoms with E-state index in [0.29, 0.717) is 0 Å². The largest absolute Gasteiger partial charge is 0.317 e. The smallest absolute Gasteiger partial charge is 0.00160 e. The van der Waals surface area contributed by atoms with E-state index in [1.165, 1.54) is 64.8 Å². The molecule has 0 aromatic heterocycles. The zero-order valence-corrected chi connectivity index (χ0v) is 13.8. The second-order valence-electron chi connectivity index (χ2n) is 6.41. The molecule has 0 aromatic rings. The van der Waals surface area contributed by atoms with Crippen LogP contribution in [0.5, 0.6) is 0 Å². The molecule has 0 unspecified atom stereocenters. The lowest BCUT2D eigenvalue weighted by Crippen LogP contribution is -2.37. The second-order valence-corrected chi connectivity index (χ2v) is 6.41. The molecule has 2 aliphatic rings. The summed E-state index contributed by atoms with van der Waals surface area (Å²) in [5.41, 5.74) is 0. The average Bonchev–Trinajstić information content (AvgIpc) is 2.49. The van der Waals surface area contributed by atoms with Gasteiger partial charge in [0.25, 0.3) is 0 Å². The van der Waals surface area contributed by atoms with Crippen molar-refractivity contribution in [3.63, 3.8) is 0 Å². The number of nitrogens with one attached hydrogen (secondary N) is 1. The molecule has 2 rings (SSSR count). The van der Waals surface area contributed by atoms with E-state index in [-0.39, 0.29) is 0 Å². The fourth-order valence-electron chi connectivity index (χ4n) is 3.38. The van der Waals surface area contributed by atoms with Crippen LogP contribution in [0.2, 0.25) is 0 Å². The van der Waals surface area contributed by atoms with Crippen molar-refractivity contribution in [1.82, 2.24) is 10.2 Å². The summed E-state index contributed by atoms with van der Waals surface area (Å²) in [6.45, 7) is 15.3. The van der Waals surface area contributed by atoms with E-state index < -0.39 is 0 Å². The van der Waals surface area contributed by atoms with Gasteiger partial charge in [-0.15, -0.1) is 0 Å². The molecule has 2 heteroatoms. The lowest BCUT2D eigenvalue weighted by molar-refractivity contribution is 0.146. The van der Waals surface area contributed by atoms with Crippen LogP contribution in [0.15, 0.2) is 0 Å². The molecule has 2 saturated heterocycles. The lowest BCUT2D eigenvalue weighted by Gasteiger charge is -2.35. The Bertz CT molecular complexity index is 201. The van der Waals surface area contributed by atoms with Gasteiger partial charge in [-0.3, -0.25) is 0 Å². The fraction of sp³-hybridized carbons (Fsp3) is 1.00. The number of hydrogen-bond donors (Lipinski definition) is 1. The summed E-state index contributed by atoms with van der Waals surface area (Å²) in [5.74, 6) is 2.88. The highest BCUT2D eigenvalue weighted by Crippen LogP contribution is 2.25. The molecule has 2 aliphatic heterocycles. The SMILES string of the molecule is CC.CC(C)C1CCN(CCC2CCNCC2)CC1. The molecule has 0 aromatic carbocycles. The van der Waals surface area contributed by atoms with E-state index in [2.05, 4.69) is 24.1 Å². The van der Waals surface area contributed by atoms with Crippen LogP contribution in [0.1, 0.15) is 59.8 Å². The van der Waals surface area contributed by atoms with Crippen molar-refractivity contribution in [3.05, 3.63) is 0 Å². The summed E-state index contributed by atoms with van der Waals surface area (Å²) in [4.78, 5) is 2.71. The average molecular weight is 268 g/mol. The molecule has 1 N–H and O–H groups in total. The molecule has 0 bridgehead atoms. The first-order valence-electron chi connectivity index (χ1n) is 8.69. The quantitative estimate of drug-likeness (QED) is 0.835.